The van der Waals surface area contributed by atoms with E-state index >= 15 is 0 Å². The Morgan fingerprint density at radius 2 is 2.04 bits per heavy atom. The molecule has 6 heteroatoms. The molecule has 0 bridgehead atoms. The minimum atomic E-state index is -0.918. The van der Waals surface area contributed by atoms with Crippen LogP contribution in [-0.2, 0) is 9.53 Å². The van der Waals surface area contributed by atoms with E-state index in [9.17, 15) is 9.59 Å². The van der Waals surface area contributed by atoms with Gasteiger partial charge in [-0.1, -0.05) is 19.4 Å². The van der Waals surface area contributed by atoms with Crippen molar-refractivity contribution in [2.75, 3.05) is 31.6 Å². The first-order chi connectivity index (χ1) is 10.9. The Balaban J connectivity index is 2.07. The lowest BCUT2D eigenvalue weighted by Gasteiger charge is -2.27. The van der Waals surface area contributed by atoms with E-state index in [-0.39, 0.29) is 11.8 Å². The van der Waals surface area contributed by atoms with Gasteiger partial charge in [0.05, 0.1) is 18.8 Å². The van der Waals surface area contributed by atoms with Gasteiger partial charge < -0.3 is 20.7 Å². The third-order valence-electron chi connectivity index (χ3n) is 3.95. The molecule has 1 aliphatic heterocycles. The van der Waals surface area contributed by atoms with Gasteiger partial charge in [0.1, 0.15) is 0 Å². The summed E-state index contributed by atoms with van der Waals surface area (Å²) in [6.45, 7) is 6.00. The van der Waals surface area contributed by atoms with E-state index in [2.05, 4.69) is 5.32 Å². The summed E-state index contributed by atoms with van der Waals surface area (Å²) in [5.74, 6) is -0.288. The van der Waals surface area contributed by atoms with Crippen LogP contribution in [0, 0.1) is 0 Å². The Kier molecular flexibility index (Phi) is 5.74. The van der Waals surface area contributed by atoms with Crippen molar-refractivity contribution in [1.82, 2.24) is 4.90 Å². The third-order valence-corrected chi connectivity index (χ3v) is 3.95. The van der Waals surface area contributed by atoms with E-state index in [4.69, 9.17) is 10.5 Å². The monoisotopic (exact) mass is 319 g/mol. The predicted molar refractivity (Wildman–Crippen MR) is 89.3 cm³/mol. The molecule has 1 aromatic rings. The second-order valence-electron chi connectivity index (χ2n) is 6.11. The van der Waals surface area contributed by atoms with Crippen LogP contribution in [0.25, 0.3) is 0 Å². The summed E-state index contributed by atoms with van der Waals surface area (Å²) in [4.78, 5) is 26.5. The molecule has 23 heavy (non-hydrogen) atoms. The van der Waals surface area contributed by atoms with Crippen LogP contribution in [0.5, 0.6) is 0 Å². The van der Waals surface area contributed by atoms with Crippen molar-refractivity contribution in [3.05, 3.63) is 29.8 Å². The number of benzene rings is 1. The van der Waals surface area contributed by atoms with Gasteiger partial charge in [0.2, 0.25) is 5.91 Å². The third kappa shape index (κ3) is 4.53. The Bertz CT molecular complexity index is 566. The largest absolute Gasteiger partial charge is 0.378 e. The fraction of sp³-hybridized carbons (Fsp3) is 0.529. The molecule has 1 fully saturated rings. The lowest BCUT2D eigenvalue weighted by Crippen LogP contribution is -2.48. The van der Waals surface area contributed by atoms with Crippen LogP contribution in [-0.4, -0.2) is 48.6 Å². The average molecular weight is 319 g/mol. The molecule has 3 N–H and O–H groups in total. The number of nitrogens with one attached hydrogen (secondary N) is 1. The minimum Gasteiger partial charge on any atom is -0.378 e. The molecule has 6 nitrogen and oxygen atoms in total. The molecule has 0 saturated carbocycles. The number of hydrogen-bond acceptors (Lipinski definition) is 4. The number of carbonyl (C=O) groups excluding carboxylic acids is 2. The molecular weight excluding hydrogens is 294 g/mol. The van der Waals surface area contributed by atoms with Gasteiger partial charge in [-0.25, -0.2) is 0 Å². The number of amides is 2. The molecule has 0 radical (unpaired) electrons. The van der Waals surface area contributed by atoms with Crippen molar-refractivity contribution in [3.8, 4) is 0 Å². The highest BCUT2D eigenvalue weighted by molar-refractivity contribution is 6.00. The maximum absolute atomic E-state index is 12.5. The Labute approximate surface area is 137 Å². The van der Waals surface area contributed by atoms with Crippen LogP contribution in [0.4, 0.5) is 5.69 Å². The van der Waals surface area contributed by atoms with Crippen molar-refractivity contribution >= 4 is 17.5 Å². The van der Waals surface area contributed by atoms with E-state index in [1.54, 1.807) is 36.1 Å². The number of hydrogen-bond donors (Lipinski definition) is 2. The number of nitrogens with zero attached hydrogens (tertiary/aromatic N) is 1. The lowest BCUT2D eigenvalue weighted by molar-refractivity contribution is -0.120. The molecule has 126 valence electrons. The topological polar surface area (TPSA) is 84.7 Å². The van der Waals surface area contributed by atoms with Crippen molar-refractivity contribution in [3.63, 3.8) is 0 Å². The van der Waals surface area contributed by atoms with Crippen molar-refractivity contribution in [2.24, 2.45) is 5.73 Å². The number of carbonyl (C=O) groups is 2. The molecule has 0 spiro atoms. The summed E-state index contributed by atoms with van der Waals surface area (Å²) in [7, 11) is 0. The zero-order valence-corrected chi connectivity index (χ0v) is 13.8. The second kappa shape index (κ2) is 7.57. The maximum atomic E-state index is 12.5. The normalized spacial score (nSPS) is 17.4. The van der Waals surface area contributed by atoms with Gasteiger partial charge >= 0.3 is 0 Å². The highest BCUT2D eigenvalue weighted by Crippen LogP contribution is 2.17. The van der Waals surface area contributed by atoms with Gasteiger partial charge in [-0.05, 0) is 31.5 Å². The van der Waals surface area contributed by atoms with Crippen LogP contribution in [0.2, 0.25) is 0 Å². The van der Waals surface area contributed by atoms with Crippen LogP contribution >= 0.6 is 0 Å². The van der Waals surface area contributed by atoms with Gasteiger partial charge in [-0.3, -0.25) is 9.59 Å². The highest BCUT2D eigenvalue weighted by atomic mass is 16.5. The first kappa shape index (κ1) is 17.4. The molecule has 0 aliphatic carbocycles. The smallest absolute Gasteiger partial charge is 0.254 e. The van der Waals surface area contributed by atoms with E-state index in [1.165, 1.54) is 0 Å². The molecule has 1 unspecified atom stereocenters. The molecule has 1 aromatic carbocycles. The lowest BCUT2D eigenvalue weighted by atomic mass is 9.96. The van der Waals surface area contributed by atoms with Gasteiger partial charge in [0.25, 0.3) is 5.91 Å². The summed E-state index contributed by atoms with van der Waals surface area (Å²) in [5.41, 5.74) is 6.25. The number of morpholine rings is 1. The van der Waals surface area contributed by atoms with E-state index in [0.717, 1.165) is 6.42 Å². The van der Waals surface area contributed by atoms with Crippen molar-refractivity contribution < 1.29 is 14.3 Å². The van der Waals surface area contributed by atoms with Gasteiger partial charge in [-0.2, -0.15) is 0 Å². The quantitative estimate of drug-likeness (QED) is 0.863. The predicted octanol–water partition coefficient (Wildman–Crippen LogP) is 1.61. The molecule has 1 saturated heterocycles. The molecule has 1 atom stereocenters. The molecule has 1 heterocycles. The van der Waals surface area contributed by atoms with Gasteiger partial charge in [0.15, 0.2) is 0 Å². The summed E-state index contributed by atoms with van der Waals surface area (Å²) in [6, 6.07) is 6.96. The molecule has 0 aromatic heterocycles. The van der Waals surface area contributed by atoms with Gasteiger partial charge in [-0.15, -0.1) is 0 Å². The van der Waals surface area contributed by atoms with Crippen LogP contribution < -0.4 is 11.1 Å². The number of rotatable bonds is 5. The summed E-state index contributed by atoms with van der Waals surface area (Å²) in [6.07, 6.45) is 1.43. The number of nitrogens with two attached hydrogens (primary N) is 1. The molecule has 2 rings (SSSR count). The Hall–Kier alpha value is -1.92. The first-order valence-corrected chi connectivity index (χ1v) is 8.01. The summed E-state index contributed by atoms with van der Waals surface area (Å²) < 4.78 is 5.26. The highest BCUT2D eigenvalue weighted by Gasteiger charge is 2.27. The van der Waals surface area contributed by atoms with E-state index < -0.39 is 5.54 Å². The first-order valence-electron chi connectivity index (χ1n) is 8.01. The Morgan fingerprint density at radius 3 is 2.70 bits per heavy atom. The maximum Gasteiger partial charge on any atom is 0.254 e. The van der Waals surface area contributed by atoms with E-state index in [1.807, 2.05) is 6.92 Å². The summed E-state index contributed by atoms with van der Waals surface area (Å²) in [5, 5.41) is 2.81. The summed E-state index contributed by atoms with van der Waals surface area (Å²) >= 11 is 0. The second-order valence-corrected chi connectivity index (χ2v) is 6.11. The van der Waals surface area contributed by atoms with E-state index in [0.29, 0.717) is 44.0 Å². The fourth-order valence-electron chi connectivity index (χ4n) is 2.59. The average Bonchev–Trinajstić information content (AvgIpc) is 2.55. The van der Waals surface area contributed by atoms with Gasteiger partial charge in [0, 0.05) is 24.3 Å². The van der Waals surface area contributed by atoms with Crippen LogP contribution in [0.1, 0.15) is 37.0 Å². The number of anilines is 1. The SMILES string of the molecule is CCCC(C)(N)C(=O)Nc1cccc(C(=O)N2CCOCC2)c1. The van der Waals surface area contributed by atoms with Crippen molar-refractivity contribution in [2.45, 2.75) is 32.2 Å². The standard InChI is InChI=1S/C17H25N3O3/c1-3-7-17(2,18)16(22)19-14-6-4-5-13(12-14)15(21)20-8-10-23-11-9-20/h4-6,12H,3,7-11,18H2,1-2H3,(H,19,22). The minimum absolute atomic E-state index is 0.0477. The molecule has 1 aliphatic rings. The Morgan fingerprint density at radius 1 is 1.35 bits per heavy atom. The molecule has 2 amide bonds. The van der Waals surface area contributed by atoms with Crippen LogP contribution in [0.3, 0.4) is 0 Å². The molecular formula is C17H25N3O3. The zero-order valence-electron chi connectivity index (χ0n) is 13.8. The van der Waals surface area contributed by atoms with Crippen LogP contribution in [0.15, 0.2) is 24.3 Å². The zero-order chi connectivity index (χ0) is 16.9. The fourth-order valence-corrected chi connectivity index (χ4v) is 2.59. The van der Waals surface area contributed by atoms with Crippen molar-refractivity contribution in [1.29, 1.82) is 0 Å². The number of ether oxygens (including phenoxy) is 1.